The highest BCUT2D eigenvalue weighted by Gasteiger charge is 1.68. The molecular formula is C4H8N. The predicted octanol–water partition coefficient (Wildman–Crippen LogP) is 0.845. The Bertz CT molecular complexity index is 38.9. The summed E-state index contributed by atoms with van der Waals surface area (Å²) in [5, 5.41) is 0. The van der Waals surface area contributed by atoms with Crippen LogP contribution in [0.4, 0.5) is 0 Å². The summed E-state index contributed by atoms with van der Waals surface area (Å²) in [5.74, 6) is 0. The monoisotopic (exact) mass is 70.1 g/mol. The highest BCUT2D eigenvalue weighted by atomic mass is 14.5. The summed E-state index contributed by atoms with van der Waals surface area (Å²) in [4.78, 5) is 0. The van der Waals surface area contributed by atoms with E-state index >= 15 is 0 Å². The van der Waals surface area contributed by atoms with E-state index in [0.29, 0.717) is 6.54 Å². The third-order valence-corrected chi connectivity index (χ3v) is 0.302. The zero-order valence-electron chi connectivity index (χ0n) is 3.41. The second-order valence-electron chi connectivity index (χ2n) is 1.13. The molecule has 0 aliphatic rings. The van der Waals surface area contributed by atoms with Crippen molar-refractivity contribution in [1.82, 2.24) is 5.73 Å². The van der Waals surface area contributed by atoms with Gasteiger partial charge in [-0.1, -0.05) is 12.2 Å². The van der Waals surface area contributed by atoms with E-state index in [-0.39, 0.29) is 0 Å². The lowest BCUT2D eigenvalue weighted by atomic mass is 10.4. The molecule has 0 heterocycles. The summed E-state index contributed by atoms with van der Waals surface area (Å²) in [6.07, 6.45) is 0. The average molecular weight is 70.1 g/mol. The minimum atomic E-state index is 0.361. The van der Waals surface area contributed by atoms with Crippen molar-refractivity contribution in [3.8, 4) is 0 Å². The molecule has 1 N–H and O–H groups in total. The van der Waals surface area contributed by atoms with Gasteiger partial charge in [-0.3, -0.25) is 5.73 Å². The van der Waals surface area contributed by atoms with Gasteiger partial charge in [-0.2, -0.15) is 0 Å². The summed E-state index contributed by atoms with van der Waals surface area (Å²) in [5.41, 5.74) is 7.48. The van der Waals surface area contributed by atoms with Crippen molar-refractivity contribution >= 4 is 0 Å². The standard InChI is InChI=1S/C4H8N/c1-4(2)3-5/h5H,1,3H2,2H3. The third kappa shape index (κ3) is 3.70. The fourth-order valence-electron chi connectivity index (χ4n) is 0. The zero-order chi connectivity index (χ0) is 4.28. The van der Waals surface area contributed by atoms with Crippen LogP contribution in [0.1, 0.15) is 6.92 Å². The summed E-state index contributed by atoms with van der Waals surface area (Å²) < 4.78 is 0. The molecule has 0 amide bonds. The highest BCUT2D eigenvalue weighted by Crippen LogP contribution is 1.75. The molecule has 0 bridgehead atoms. The van der Waals surface area contributed by atoms with Crippen molar-refractivity contribution in [1.29, 1.82) is 0 Å². The summed E-state index contributed by atoms with van der Waals surface area (Å²) in [6.45, 7) is 5.69. The number of hydrogen-bond acceptors (Lipinski definition) is 0. The molecule has 0 aliphatic heterocycles. The maximum absolute atomic E-state index is 6.56. The molecule has 0 aromatic rings. The summed E-state index contributed by atoms with van der Waals surface area (Å²) >= 11 is 0. The van der Waals surface area contributed by atoms with Crippen molar-refractivity contribution in [3.05, 3.63) is 12.2 Å². The average Bonchev–Trinajstić information content (AvgIpc) is 1.38. The van der Waals surface area contributed by atoms with Crippen LogP contribution in [-0.4, -0.2) is 6.54 Å². The predicted molar refractivity (Wildman–Crippen MR) is 22.8 cm³/mol. The van der Waals surface area contributed by atoms with Crippen LogP contribution in [0.3, 0.4) is 0 Å². The smallest absolute Gasteiger partial charge is 0.0305 e. The Morgan fingerprint density at radius 3 is 2.20 bits per heavy atom. The Balaban J connectivity index is 2.85. The summed E-state index contributed by atoms with van der Waals surface area (Å²) in [6, 6.07) is 0. The molecule has 0 atom stereocenters. The van der Waals surface area contributed by atoms with Crippen LogP contribution in [0.2, 0.25) is 0 Å². The van der Waals surface area contributed by atoms with Crippen LogP contribution in [0.25, 0.3) is 0 Å². The second kappa shape index (κ2) is 1.97. The minimum Gasteiger partial charge on any atom is -0.253 e. The lowest BCUT2D eigenvalue weighted by Gasteiger charge is -1.79. The first-order chi connectivity index (χ1) is 2.27. The van der Waals surface area contributed by atoms with E-state index in [9.17, 15) is 0 Å². The molecule has 0 saturated heterocycles. The van der Waals surface area contributed by atoms with Crippen LogP contribution in [0.15, 0.2) is 12.2 Å². The van der Waals surface area contributed by atoms with E-state index in [4.69, 9.17) is 5.73 Å². The van der Waals surface area contributed by atoms with Crippen molar-refractivity contribution in [2.24, 2.45) is 0 Å². The fourth-order valence-corrected chi connectivity index (χ4v) is 0. The van der Waals surface area contributed by atoms with E-state index in [1.807, 2.05) is 6.92 Å². The molecule has 0 fully saturated rings. The Morgan fingerprint density at radius 1 is 2.00 bits per heavy atom. The third-order valence-electron chi connectivity index (χ3n) is 0.302. The van der Waals surface area contributed by atoms with Gasteiger partial charge in [-0.25, -0.2) is 0 Å². The van der Waals surface area contributed by atoms with Crippen LogP contribution in [0, 0.1) is 0 Å². The van der Waals surface area contributed by atoms with Crippen LogP contribution in [-0.2, 0) is 0 Å². The van der Waals surface area contributed by atoms with Gasteiger partial charge >= 0.3 is 0 Å². The number of hydrogen-bond donors (Lipinski definition) is 0. The second-order valence-corrected chi connectivity index (χ2v) is 1.13. The lowest BCUT2D eigenvalue weighted by molar-refractivity contribution is 1.11. The normalized spacial score (nSPS) is 7.60. The maximum Gasteiger partial charge on any atom is 0.0305 e. The Morgan fingerprint density at radius 2 is 2.20 bits per heavy atom. The van der Waals surface area contributed by atoms with E-state index in [2.05, 4.69) is 6.58 Å². The first-order valence-corrected chi connectivity index (χ1v) is 1.56. The molecule has 0 unspecified atom stereocenters. The molecule has 0 rings (SSSR count). The lowest BCUT2D eigenvalue weighted by Crippen LogP contribution is -1.80. The first kappa shape index (κ1) is 4.70. The van der Waals surface area contributed by atoms with E-state index < -0.39 is 0 Å². The molecule has 1 nitrogen and oxygen atoms in total. The Labute approximate surface area is 32.5 Å². The van der Waals surface area contributed by atoms with Gasteiger partial charge in [0, 0.05) is 6.54 Å². The molecule has 0 aromatic carbocycles. The van der Waals surface area contributed by atoms with Crippen LogP contribution < -0.4 is 5.73 Å². The molecule has 1 radical (unpaired) electrons. The Kier molecular flexibility index (Phi) is 1.85. The quantitative estimate of drug-likeness (QED) is 0.408. The maximum atomic E-state index is 6.56. The number of nitrogens with one attached hydrogen (secondary N) is 1. The van der Waals surface area contributed by atoms with E-state index in [0.717, 1.165) is 5.57 Å². The molecule has 0 aromatic heterocycles. The van der Waals surface area contributed by atoms with Gasteiger partial charge in [0.15, 0.2) is 0 Å². The summed E-state index contributed by atoms with van der Waals surface area (Å²) in [7, 11) is 0. The molecule has 0 saturated carbocycles. The van der Waals surface area contributed by atoms with E-state index in [1.54, 1.807) is 0 Å². The molecule has 29 valence electrons. The molecule has 0 aliphatic carbocycles. The van der Waals surface area contributed by atoms with Gasteiger partial charge in [0.25, 0.3) is 0 Å². The van der Waals surface area contributed by atoms with Gasteiger partial charge in [-0.15, -0.1) is 0 Å². The number of rotatable bonds is 1. The largest absolute Gasteiger partial charge is 0.253 e. The van der Waals surface area contributed by atoms with Crippen molar-refractivity contribution in [2.75, 3.05) is 6.54 Å². The first-order valence-electron chi connectivity index (χ1n) is 1.56. The molecule has 5 heavy (non-hydrogen) atoms. The van der Waals surface area contributed by atoms with Gasteiger partial charge in [0.1, 0.15) is 0 Å². The van der Waals surface area contributed by atoms with Gasteiger partial charge in [-0.05, 0) is 6.92 Å². The van der Waals surface area contributed by atoms with Gasteiger partial charge < -0.3 is 0 Å². The van der Waals surface area contributed by atoms with Crippen LogP contribution in [0.5, 0.6) is 0 Å². The fraction of sp³-hybridized carbons (Fsp3) is 0.500. The van der Waals surface area contributed by atoms with E-state index in [1.165, 1.54) is 0 Å². The highest BCUT2D eigenvalue weighted by molar-refractivity contribution is 4.87. The molecular weight excluding hydrogens is 62.1 g/mol. The minimum absolute atomic E-state index is 0.361. The SMILES string of the molecule is C=C(C)C[NH]. The van der Waals surface area contributed by atoms with Crippen molar-refractivity contribution in [2.45, 2.75) is 6.92 Å². The van der Waals surface area contributed by atoms with Gasteiger partial charge in [0.05, 0.1) is 0 Å². The van der Waals surface area contributed by atoms with Crippen molar-refractivity contribution in [3.63, 3.8) is 0 Å². The molecule has 1 heteroatoms. The Hall–Kier alpha value is -0.300. The van der Waals surface area contributed by atoms with Crippen molar-refractivity contribution < 1.29 is 0 Å². The van der Waals surface area contributed by atoms with Crippen LogP contribution >= 0.6 is 0 Å². The zero-order valence-corrected chi connectivity index (χ0v) is 3.41. The van der Waals surface area contributed by atoms with Gasteiger partial charge in [0.2, 0.25) is 0 Å². The topological polar surface area (TPSA) is 23.8 Å². The molecule has 0 spiro atoms.